The number of hydrogen-bond donors (Lipinski definition) is 1. The van der Waals surface area contributed by atoms with Gasteiger partial charge in [0, 0.05) is 58.5 Å². The van der Waals surface area contributed by atoms with E-state index in [4.69, 9.17) is 9.47 Å². The number of rotatable bonds is 14. The van der Waals surface area contributed by atoms with Gasteiger partial charge in [-0.05, 0) is 18.3 Å². The van der Waals surface area contributed by atoms with E-state index >= 15 is 0 Å². The number of nitrogens with zero attached hydrogens (tertiary/aromatic N) is 2. The molecule has 0 aromatic carbocycles. The molecular formula is C21H45N3O2. The summed E-state index contributed by atoms with van der Waals surface area (Å²) >= 11 is 0. The minimum atomic E-state index is 0.454. The van der Waals surface area contributed by atoms with Gasteiger partial charge in [-0.2, -0.15) is 0 Å². The highest BCUT2D eigenvalue weighted by molar-refractivity contribution is 4.71. The molecule has 0 aromatic heterocycles. The van der Waals surface area contributed by atoms with E-state index in [2.05, 4.69) is 49.7 Å². The lowest BCUT2D eigenvalue weighted by atomic mass is 9.90. The molecule has 1 aliphatic heterocycles. The van der Waals surface area contributed by atoms with Gasteiger partial charge in [-0.15, -0.1) is 0 Å². The molecule has 26 heavy (non-hydrogen) atoms. The molecule has 0 bridgehead atoms. The molecule has 0 saturated carbocycles. The Morgan fingerprint density at radius 2 is 1.35 bits per heavy atom. The van der Waals surface area contributed by atoms with E-state index in [-0.39, 0.29) is 0 Å². The first kappa shape index (κ1) is 23.8. The van der Waals surface area contributed by atoms with E-state index < -0.39 is 0 Å². The smallest absolute Gasteiger partial charge is 0.0594 e. The third-order valence-electron chi connectivity index (χ3n) is 4.83. The Labute approximate surface area is 162 Å². The van der Waals surface area contributed by atoms with Crippen molar-refractivity contribution in [2.45, 2.75) is 59.9 Å². The topological polar surface area (TPSA) is 37.0 Å². The molecule has 156 valence electrons. The van der Waals surface area contributed by atoms with Crippen LogP contribution in [0.5, 0.6) is 0 Å². The summed E-state index contributed by atoms with van der Waals surface area (Å²) < 4.78 is 11.5. The quantitative estimate of drug-likeness (QED) is 0.475. The minimum Gasteiger partial charge on any atom is -0.380 e. The molecule has 1 rings (SSSR count). The largest absolute Gasteiger partial charge is 0.380 e. The predicted octanol–water partition coefficient (Wildman–Crippen LogP) is 2.85. The van der Waals surface area contributed by atoms with Crippen LogP contribution in [0.2, 0.25) is 0 Å². The zero-order chi connectivity index (χ0) is 19.3. The summed E-state index contributed by atoms with van der Waals surface area (Å²) in [5.41, 5.74) is 0.454. The fraction of sp³-hybridized carbons (Fsp3) is 1.00. The molecule has 1 N–H and O–H groups in total. The predicted molar refractivity (Wildman–Crippen MR) is 111 cm³/mol. The van der Waals surface area contributed by atoms with Gasteiger partial charge >= 0.3 is 0 Å². The maximum Gasteiger partial charge on any atom is 0.0594 e. The standard InChI is InChI=1S/C21H45N3O2/c1-20(2)22-9-17-26-19-15-24-12-10-23(11-13-24)14-18-25-16-7-6-8-21(3,4)5/h20,22H,6-19H2,1-5H3. The zero-order valence-electron chi connectivity index (χ0n) is 18.2. The molecule has 0 unspecified atom stereocenters. The minimum absolute atomic E-state index is 0.454. The van der Waals surface area contributed by atoms with Gasteiger partial charge in [-0.25, -0.2) is 0 Å². The average Bonchev–Trinajstić information content (AvgIpc) is 2.57. The van der Waals surface area contributed by atoms with Crippen molar-refractivity contribution in [3.63, 3.8) is 0 Å². The molecule has 0 aromatic rings. The van der Waals surface area contributed by atoms with Crippen molar-refractivity contribution in [2.75, 3.05) is 72.2 Å². The molecule has 1 aliphatic rings. The molecule has 0 spiro atoms. The summed E-state index contributed by atoms with van der Waals surface area (Å²) in [6.45, 7) is 22.4. The number of unbranched alkanes of at least 4 members (excludes halogenated alkanes) is 1. The highest BCUT2D eigenvalue weighted by atomic mass is 16.5. The van der Waals surface area contributed by atoms with Crippen molar-refractivity contribution >= 4 is 0 Å². The summed E-state index contributed by atoms with van der Waals surface area (Å²) in [5, 5.41) is 3.37. The summed E-state index contributed by atoms with van der Waals surface area (Å²) in [6, 6.07) is 0.541. The zero-order valence-corrected chi connectivity index (χ0v) is 18.2. The van der Waals surface area contributed by atoms with Crippen molar-refractivity contribution in [3.8, 4) is 0 Å². The third-order valence-corrected chi connectivity index (χ3v) is 4.83. The number of nitrogens with one attached hydrogen (secondary N) is 1. The molecule has 5 nitrogen and oxygen atoms in total. The maximum absolute atomic E-state index is 5.82. The molecule has 0 amide bonds. The Morgan fingerprint density at radius 1 is 0.808 bits per heavy atom. The Morgan fingerprint density at radius 3 is 1.85 bits per heavy atom. The molecule has 0 atom stereocenters. The van der Waals surface area contributed by atoms with Crippen LogP contribution in [0.4, 0.5) is 0 Å². The van der Waals surface area contributed by atoms with Crippen LogP contribution in [0.15, 0.2) is 0 Å². The first-order chi connectivity index (χ1) is 12.4. The lowest BCUT2D eigenvalue weighted by molar-refractivity contribution is 0.0560. The van der Waals surface area contributed by atoms with Crippen molar-refractivity contribution in [1.29, 1.82) is 0 Å². The third kappa shape index (κ3) is 13.9. The Balaban J connectivity index is 1.89. The van der Waals surface area contributed by atoms with Crippen molar-refractivity contribution < 1.29 is 9.47 Å². The van der Waals surface area contributed by atoms with Crippen LogP contribution in [0.25, 0.3) is 0 Å². The second-order valence-corrected chi connectivity index (χ2v) is 9.03. The van der Waals surface area contributed by atoms with Crippen molar-refractivity contribution in [3.05, 3.63) is 0 Å². The lowest BCUT2D eigenvalue weighted by Crippen LogP contribution is -2.48. The van der Waals surface area contributed by atoms with Gasteiger partial charge in [0.25, 0.3) is 0 Å². The van der Waals surface area contributed by atoms with Crippen molar-refractivity contribution in [2.24, 2.45) is 5.41 Å². The van der Waals surface area contributed by atoms with Gasteiger partial charge in [-0.3, -0.25) is 9.80 Å². The van der Waals surface area contributed by atoms with E-state index in [1.165, 1.54) is 19.3 Å². The normalized spacial score (nSPS) is 17.3. The van der Waals surface area contributed by atoms with Crippen LogP contribution in [-0.4, -0.2) is 88.1 Å². The average molecular weight is 372 g/mol. The van der Waals surface area contributed by atoms with Crippen molar-refractivity contribution in [1.82, 2.24) is 15.1 Å². The fourth-order valence-electron chi connectivity index (χ4n) is 3.11. The second kappa shape index (κ2) is 13.9. The Hall–Kier alpha value is -0.200. The first-order valence-electron chi connectivity index (χ1n) is 10.7. The number of hydrogen-bond acceptors (Lipinski definition) is 5. The van der Waals surface area contributed by atoms with Crippen LogP contribution in [0, 0.1) is 5.41 Å². The lowest BCUT2D eigenvalue weighted by Gasteiger charge is -2.34. The van der Waals surface area contributed by atoms with E-state index in [0.29, 0.717) is 11.5 Å². The van der Waals surface area contributed by atoms with Gasteiger partial charge in [-0.1, -0.05) is 41.0 Å². The van der Waals surface area contributed by atoms with E-state index in [0.717, 1.165) is 72.2 Å². The molecule has 1 saturated heterocycles. The molecule has 0 radical (unpaired) electrons. The first-order valence-corrected chi connectivity index (χ1v) is 10.7. The summed E-state index contributed by atoms with van der Waals surface area (Å²) in [4.78, 5) is 5.04. The van der Waals surface area contributed by atoms with Gasteiger partial charge in [0.05, 0.1) is 19.8 Å². The summed E-state index contributed by atoms with van der Waals surface area (Å²) in [7, 11) is 0. The monoisotopic (exact) mass is 371 g/mol. The molecule has 0 aliphatic carbocycles. The van der Waals surface area contributed by atoms with Crippen LogP contribution in [0.3, 0.4) is 0 Å². The van der Waals surface area contributed by atoms with E-state index in [1.807, 2.05) is 0 Å². The molecular weight excluding hydrogens is 326 g/mol. The van der Waals surface area contributed by atoms with Crippen LogP contribution >= 0.6 is 0 Å². The Kier molecular flexibility index (Phi) is 12.7. The Bertz CT molecular complexity index is 324. The molecule has 1 heterocycles. The SMILES string of the molecule is CC(C)NCCOCCN1CCN(CCOCCCCC(C)(C)C)CC1. The van der Waals surface area contributed by atoms with Gasteiger partial charge in [0.1, 0.15) is 0 Å². The number of ether oxygens (including phenoxy) is 2. The van der Waals surface area contributed by atoms with Crippen LogP contribution < -0.4 is 5.32 Å². The highest BCUT2D eigenvalue weighted by Gasteiger charge is 2.16. The maximum atomic E-state index is 5.82. The summed E-state index contributed by atoms with van der Waals surface area (Å²) in [6.07, 6.45) is 3.76. The fourth-order valence-corrected chi connectivity index (χ4v) is 3.11. The van der Waals surface area contributed by atoms with Gasteiger partial charge in [0.15, 0.2) is 0 Å². The second-order valence-electron chi connectivity index (χ2n) is 9.03. The van der Waals surface area contributed by atoms with E-state index in [9.17, 15) is 0 Å². The van der Waals surface area contributed by atoms with E-state index in [1.54, 1.807) is 0 Å². The molecule has 1 fully saturated rings. The van der Waals surface area contributed by atoms with Crippen LogP contribution in [-0.2, 0) is 9.47 Å². The number of piperazine rings is 1. The van der Waals surface area contributed by atoms with Crippen LogP contribution in [0.1, 0.15) is 53.9 Å². The highest BCUT2D eigenvalue weighted by Crippen LogP contribution is 2.21. The summed E-state index contributed by atoms with van der Waals surface area (Å²) in [5.74, 6) is 0. The van der Waals surface area contributed by atoms with Gasteiger partial charge in [0.2, 0.25) is 0 Å². The molecule has 5 heteroatoms. The van der Waals surface area contributed by atoms with Gasteiger partial charge < -0.3 is 14.8 Å².